The lowest BCUT2D eigenvalue weighted by molar-refractivity contribution is 0.627. The van der Waals surface area contributed by atoms with Crippen LogP contribution in [0.2, 0.25) is 0 Å². The third kappa shape index (κ3) is 2.24. The minimum absolute atomic E-state index is 0.239. The number of nitrogens with zero attached hydrogens (tertiary/aromatic N) is 4. The molecule has 0 aliphatic heterocycles. The summed E-state index contributed by atoms with van der Waals surface area (Å²) in [5, 5.41) is 11.3. The number of aromatic nitrogens is 4. The first kappa shape index (κ1) is 11.6. The van der Waals surface area contributed by atoms with Crippen molar-refractivity contribution >= 4 is 11.5 Å². The van der Waals surface area contributed by atoms with Crippen molar-refractivity contribution in [2.45, 2.75) is 13.5 Å². The van der Waals surface area contributed by atoms with Gasteiger partial charge in [-0.05, 0) is 24.6 Å². The fourth-order valence-electron chi connectivity index (χ4n) is 1.85. The molecule has 0 saturated carbocycles. The van der Waals surface area contributed by atoms with Crippen LogP contribution >= 0.6 is 0 Å². The Labute approximate surface area is 109 Å². The first-order valence-corrected chi connectivity index (χ1v) is 5.89. The van der Waals surface area contributed by atoms with Crippen molar-refractivity contribution in [3.63, 3.8) is 0 Å². The van der Waals surface area contributed by atoms with Crippen molar-refractivity contribution in [2.75, 3.05) is 5.32 Å². The molecule has 0 spiro atoms. The minimum Gasteiger partial charge on any atom is -0.363 e. The first-order chi connectivity index (χ1) is 9.24. The second-order valence-corrected chi connectivity index (χ2v) is 4.20. The molecule has 0 fully saturated rings. The van der Waals surface area contributed by atoms with E-state index in [-0.39, 0.29) is 5.82 Å². The first-order valence-electron chi connectivity index (χ1n) is 5.89. The molecule has 5 nitrogen and oxygen atoms in total. The number of anilines is 1. The molecule has 3 aromatic rings. The number of aryl methyl sites for hydroxylation is 1. The predicted octanol–water partition coefficient (Wildman–Crippen LogP) is 2.18. The lowest BCUT2D eigenvalue weighted by Crippen LogP contribution is -2.04. The molecule has 1 aromatic carbocycles. The molecule has 0 aliphatic carbocycles. The molecular weight excluding hydrogens is 245 g/mol. The highest BCUT2D eigenvalue weighted by Crippen LogP contribution is 2.13. The predicted molar refractivity (Wildman–Crippen MR) is 69.2 cm³/mol. The molecule has 6 heteroatoms. The molecule has 0 bridgehead atoms. The molecule has 0 unspecified atom stereocenters. The molecular formula is C13H12FN5. The third-order valence-electron chi connectivity index (χ3n) is 2.87. The minimum atomic E-state index is -0.239. The summed E-state index contributed by atoms with van der Waals surface area (Å²) < 4.78 is 14.7. The molecule has 3 rings (SSSR count). The molecule has 2 aromatic heterocycles. The topological polar surface area (TPSA) is 55.1 Å². The Kier molecular flexibility index (Phi) is 2.83. The third-order valence-corrected chi connectivity index (χ3v) is 2.87. The van der Waals surface area contributed by atoms with E-state index in [1.54, 1.807) is 18.3 Å². The number of fused-ring (bicyclic) bond motifs is 1. The van der Waals surface area contributed by atoms with Crippen LogP contribution in [0.15, 0.2) is 36.7 Å². The van der Waals surface area contributed by atoms with E-state index in [9.17, 15) is 4.39 Å². The summed E-state index contributed by atoms with van der Waals surface area (Å²) in [5.41, 5.74) is 1.66. The van der Waals surface area contributed by atoms with Crippen LogP contribution < -0.4 is 5.32 Å². The van der Waals surface area contributed by atoms with E-state index < -0.39 is 0 Å². The number of benzene rings is 1. The second-order valence-electron chi connectivity index (χ2n) is 4.20. The van der Waals surface area contributed by atoms with Crippen LogP contribution in [0, 0.1) is 12.7 Å². The lowest BCUT2D eigenvalue weighted by Gasteiger charge is -2.06. The van der Waals surface area contributed by atoms with Gasteiger partial charge in [-0.15, -0.1) is 10.2 Å². The summed E-state index contributed by atoms with van der Waals surface area (Å²) in [6, 6.07) is 6.34. The van der Waals surface area contributed by atoms with Crippen LogP contribution in [0.1, 0.15) is 11.4 Å². The number of hydrogen-bond acceptors (Lipinski definition) is 4. The highest BCUT2D eigenvalue weighted by Gasteiger charge is 2.07. The molecule has 96 valence electrons. The Bertz CT molecular complexity index is 705. The van der Waals surface area contributed by atoms with E-state index in [0.717, 1.165) is 11.4 Å². The average Bonchev–Trinajstić information content (AvgIpc) is 2.81. The van der Waals surface area contributed by atoms with Crippen molar-refractivity contribution in [3.05, 3.63) is 53.9 Å². The molecule has 0 saturated heterocycles. The standard InChI is InChI=1S/C13H12FN5/c1-9-17-18-13-12(15-6-7-19(9)13)16-8-10-2-4-11(14)5-3-10/h2-7H,8H2,1H3,(H,15,16). The van der Waals surface area contributed by atoms with Gasteiger partial charge < -0.3 is 5.32 Å². The molecule has 0 amide bonds. The maximum atomic E-state index is 12.8. The fraction of sp³-hybridized carbons (Fsp3) is 0.154. The van der Waals surface area contributed by atoms with Crippen molar-refractivity contribution in [1.82, 2.24) is 19.6 Å². The Morgan fingerprint density at radius 2 is 2.00 bits per heavy atom. The van der Waals surface area contributed by atoms with Gasteiger partial charge in [-0.2, -0.15) is 0 Å². The normalized spacial score (nSPS) is 10.8. The van der Waals surface area contributed by atoms with Crippen LogP contribution in [-0.4, -0.2) is 19.6 Å². The zero-order valence-electron chi connectivity index (χ0n) is 10.3. The summed E-state index contributed by atoms with van der Waals surface area (Å²) in [4.78, 5) is 4.24. The zero-order chi connectivity index (χ0) is 13.2. The molecule has 0 radical (unpaired) electrons. The van der Waals surface area contributed by atoms with E-state index >= 15 is 0 Å². The van der Waals surface area contributed by atoms with E-state index in [2.05, 4.69) is 20.5 Å². The van der Waals surface area contributed by atoms with Crippen LogP contribution in [0.25, 0.3) is 5.65 Å². The van der Waals surface area contributed by atoms with E-state index in [4.69, 9.17) is 0 Å². The Morgan fingerprint density at radius 3 is 2.79 bits per heavy atom. The van der Waals surface area contributed by atoms with E-state index in [0.29, 0.717) is 18.0 Å². The summed E-state index contributed by atoms with van der Waals surface area (Å²) >= 11 is 0. The zero-order valence-corrected chi connectivity index (χ0v) is 10.3. The monoisotopic (exact) mass is 257 g/mol. The maximum absolute atomic E-state index is 12.8. The molecule has 2 heterocycles. The molecule has 0 atom stereocenters. The number of rotatable bonds is 3. The fourth-order valence-corrected chi connectivity index (χ4v) is 1.85. The van der Waals surface area contributed by atoms with Gasteiger partial charge in [0.2, 0.25) is 5.65 Å². The van der Waals surface area contributed by atoms with Crippen molar-refractivity contribution in [1.29, 1.82) is 0 Å². The number of halogens is 1. The molecule has 1 N–H and O–H groups in total. The molecule has 19 heavy (non-hydrogen) atoms. The second kappa shape index (κ2) is 4.64. The number of nitrogens with one attached hydrogen (secondary N) is 1. The van der Waals surface area contributed by atoms with E-state index in [1.807, 2.05) is 17.5 Å². The van der Waals surface area contributed by atoms with Gasteiger partial charge in [0.15, 0.2) is 5.82 Å². The highest BCUT2D eigenvalue weighted by atomic mass is 19.1. The van der Waals surface area contributed by atoms with Crippen molar-refractivity contribution in [3.8, 4) is 0 Å². The summed E-state index contributed by atoms with van der Waals surface area (Å²) in [6.45, 7) is 2.43. The lowest BCUT2D eigenvalue weighted by atomic mass is 10.2. The van der Waals surface area contributed by atoms with Crippen molar-refractivity contribution < 1.29 is 4.39 Å². The van der Waals surface area contributed by atoms with Gasteiger partial charge in [0.25, 0.3) is 0 Å². The SMILES string of the molecule is Cc1nnc2c(NCc3ccc(F)cc3)nccn12. The summed E-state index contributed by atoms with van der Waals surface area (Å²) in [7, 11) is 0. The van der Waals surface area contributed by atoms with Gasteiger partial charge >= 0.3 is 0 Å². The Morgan fingerprint density at radius 1 is 1.21 bits per heavy atom. The number of hydrogen-bond donors (Lipinski definition) is 1. The van der Waals surface area contributed by atoms with Gasteiger partial charge in [-0.1, -0.05) is 12.1 Å². The van der Waals surface area contributed by atoms with Crippen LogP contribution in [-0.2, 0) is 6.54 Å². The Balaban J connectivity index is 1.83. The summed E-state index contributed by atoms with van der Waals surface area (Å²) in [5.74, 6) is 1.23. The van der Waals surface area contributed by atoms with Gasteiger partial charge in [0, 0.05) is 18.9 Å². The van der Waals surface area contributed by atoms with Gasteiger partial charge in [0.1, 0.15) is 11.6 Å². The van der Waals surface area contributed by atoms with Gasteiger partial charge in [-0.3, -0.25) is 4.40 Å². The quantitative estimate of drug-likeness (QED) is 0.781. The summed E-state index contributed by atoms with van der Waals surface area (Å²) in [6.07, 6.45) is 3.50. The van der Waals surface area contributed by atoms with Crippen molar-refractivity contribution in [2.24, 2.45) is 0 Å². The van der Waals surface area contributed by atoms with Gasteiger partial charge in [-0.25, -0.2) is 9.37 Å². The van der Waals surface area contributed by atoms with Crippen LogP contribution in [0.3, 0.4) is 0 Å². The Hall–Kier alpha value is -2.50. The largest absolute Gasteiger partial charge is 0.363 e. The van der Waals surface area contributed by atoms with E-state index in [1.165, 1.54) is 12.1 Å². The van der Waals surface area contributed by atoms with Crippen LogP contribution in [0.5, 0.6) is 0 Å². The smallest absolute Gasteiger partial charge is 0.203 e. The van der Waals surface area contributed by atoms with Gasteiger partial charge in [0.05, 0.1) is 0 Å². The maximum Gasteiger partial charge on any atom is 0.203 e. The van der Waals surface area contributed by atoms with Crippen LogP contribution in [0.4, 0.5) is 10.2 Å². The highest BCUT2D eigenvalue weighted by molar-refractivity contribution is 5.62. The average molecular weight is 257 g/mol. The molecule has 0 aliphatic rings.